The molecule has 0 radical (unpaired) electrons. The predicted octanol–water partition coefficient (Wildman–Crippen LogP) is 5.34. The fourth-order valence-electron chi connectivity index (χ4n) is 3.04. The summed E-state index contributed by atoms with van der Waals surface area (Å²) >= 11 is 3.28. The number of nitrogens with one attached hydrogen (secondary N) is 2. The highest BCUT2D eigenvalue weighted by molar-refractivity contribution is 9.10. The smallest absolute Gasteiger partial charge is 0.408 e. The summed E-state index contributed by atoms with van der Waals surface area (Å²) in [5.74, 6) is -0.622. The second kappa shape index (κ2) is 11.0. The summed E-state index contributed by atoms with van der Waals surface area (Å²) in [5.41, 5.74) is 0.289. The van der Waals surface area contributed by atoms with Crippen LogP contribution in [-0.2, 0) is 30.7 Å². The first-order chi connectivity index (χ1) is 15.9. The Balaban J connectivity index is 2.32. The van der Waals surface area contributed by atoms with Gasteiger partial charge in [0.05, 0.1) is 4.90 Å². The Morgan fingerprint density at radius 3 is 2.17 bits per heavy atom. The second-order valence-corrected chi connectivity index (χ2v) is 12.7. The molecule has 35 heavy (non-hydrogen) atoms. The van der Waals surface area contributed by atoms with Crippen LogP contribution in [0.3, 0.4) is 0 Å². The second-order valence-electron chi connectivity index (χ2n) is 10.1. The van der Waals surface area contributed by atoms with E-state index in [0.29, 0.717) is 15.7 Å². The van der Waals surface area contributed by atoms with Crippen molar-refractivity contribution in [2.24, 2.45) is 0 Å². The number of hydrogen-bond acceptors (Lipinski definition) is 6. The van der Waals surface area contributed by atoms with Gasteiger partial charge in [0.25, 0.3) is 10.0 Å². The Kier molecular flexibility index (Phi) is 8.99. The number of benzene rings is 2. The average molecular weight is 570 g/mol. The highest BCUT2D eigenvalue weighted by Crippen LogP contribution is 2.23. The molecular weight excluding hydrogens is 536 g/mol. The number of halogens is 1. The van der Waals surface area contributed by atoms with Gasteiger partial charge in [-0.05, 0) is 89.9 Å². The molecule has 0 saturated heterocycles. The van der Waals surface area contributed by atoms with Crippen molar-refractivity contribution in [2.75, 3.05) is 4.72 Å². The van der Waals surface area contributed by atoms with E-state index >= 15 is 0 Å². The number of aryl methyl sites for hydroxylation is 1. The minimum atomic E-state index is -3.83. The van der Waals surface area contributed by atoms with Crippen LogP contribution in [0.2, 0.25) is 0 Å². The highest BCUT2D eigenvalue weighted by Gasteiger charge is 2.29. The van der Waals surface area contributed by atoms with Crippen LogP contribution in [0.1, 0.15) is 52.7 Å². The summed E-state index contributed by atoms with van der Waals surface area (Å²) in [6.45, 7) is 12.2. The first-order valence-corrected chi connectivity index (χ1v) is 13.3. The number of sulfonamides is 1. The number of carbonyl (C=O) groups excluding carboxylic acids is 2. The molecule has 0 heterocycles. The molecule has 8 nitrogen and oxygen atoms in total. The molecule has 2 aromatic carbocycles. The van der Waals surface area contributed by atoms with Gasteiger partial charge in [-0.1, -0.05) is 28.1 Å². The summed E-state index contributed by atoms with van der Waals surface area (Å²) < 4.78 is 39.7. The average Bonchev–Trinajstić information content (AvgIpc) is 2.67. The van der Waals surface area contributed by atoms with Gasteiger partial charge in [0, 0.05) is 16.6 Å². The number of hydrogen-bond donors (Lipinski definition) is 2. The van der Waals surface area contributed by atoms with Gasteiger partial charge in [0.15, 0.2) is 0 Å². The van der Waals surface area contributed by atoms with E-state index < -0.39 is 39.3 Å². The number of carbonyl (C=O) groups is 2. The Morgan fingerprint density at radius 2 is 1.60 bits per heavy atom. The maximum Gasteiger partial charge on any atom is 0.408 e. The van der Waals surface area contributed by atoms with Crippen LogP contribution >= 0.6 is 15.9 Å². The van der Waals surface area contributed by atoms with Crippen LogP contribution in [0.25, 0.3) is 0 Å². The van der Waals surface area contributed by atoms with Gasteiger partial charge in [0.1, 0.15) is 17.2 Å². The van der Waals surface area contributed by atoms with Gasteiger partial charge in [-0.2, -0.15) is 0 Å². The van der Waals surface area contributed by atoms with Gasteiger partial charge < -0.3 is 14.8 Å². The van der Waals surface area contributed by atoms with Crippen LogP contribution in [-0.4, -0.2) is 37.7 Å². The van der Waals surface area contributed by atoms with E-state index in [9.17, 15) is 18.0 Å². The number of amides is 1. The van der Waals surface area contributed by atoms with Crippen molar-refractivity contribution in [2.45, 2.75) is 77.0 Å². The quantitative estimate of drug-likeness (QED) is 0.436. The lowest BCUT2D eigenvalue weighted by atomic mass is 10.00. The third-order valence-corrected chi connectivity index (χ3v) is 6.39. The Hall–Kier alpha value is -2.59. The number of ether oxygens (including phenoxy) is 2. The van der Waals surface area contributed by atoms with Crippen LogP contribution in [0, 0.1) is 6.92 Å². The lowest BCUT2D eigenvalue weighted by Crippen LogP contribution is -2.47. The van der Waals surface area contributed by atoms with Crippen molar-refractivity contribution >= 4 is 43.7 Å². The van der Waals surface area contributed by atoms with Crippen molar-refractivity contribution in [1.82, 2.24) is 5.32 Å². The summed E-state index contributed by atoms with van der Waals surface area (Å²) in [7, 11) is -3.83. The molecule has 0 aromatic heterocycles. The third-order valence-electron chi connectivity index (χ3n) is 4.51. The minimum Gasteiger partial charge on any atom is -0.458 e. The number of anilines is 1. The molecule has 2 aromatic rings. The maximum atomic E-state index is 12.9. The summed E-state index contributed by atoms with van der Waals surface area (Å²) in [6.07, 6.45) is -0.676. The van der Waals surface area contributed by atoms with Crippen molar-refractivity contribution in [3.8, 4) is 0 Å². The summed E-state index contributed by atoms with van der Waals surface area (Å²) in [4.78, 5) is 25.4. The standard InChI is InChI=1S/C25H33BrN2O6S/c1-16-11-12-19(28-35(31,32)20-10-8-9-18(26)15-20)13-17(16)14-21(22(29)33-24(2,3)4)27-23(30)34-25(5,6)7/h8-13,15,21,28H,14H2,1-7H3,(H,27,30)/t21-/m0/s1. The Bertz CT molecular complexity index is 1180. The largest absolute Gasteiger partial charge is 0.458 e. The van der Waals surface area contributed by atoms with Gasteiger partial charge in [-0.3, -0.25) is 4.72 Å². The molecule has 1 atom stereocenters. The van der Waals surface area contributed by atoms with Crippen molar-refractivity contribution in [3.05, 3.63) is 58.1 Å². The monoisotopic (exact) mass is 568 g/mol. The molecule has 0 bridgehead atoms. The Morgan fingerprint density at radius 1 is 0.971 bits per heavy atom. The van der Waals surface area contributed by atoms with Crippen LogP contribution in [0.15, 0.2) is 51.8 Å². The highest BCUT2D eigenvalue weighted by atomic mass is 79.9. The van der Waals surface area contributed by atoms with E-state index in [1.807, 2.05) is 6.92 Å². The molecule has 0 aliphatic heterocycles. The normalized spacial score (nSPS) is 13.0. The molecule has 0 aliphatic carbocycles. The van der Waals surface area contributed by atoms with E-state index in [0.717, 1.165) is 5.56 Å². The third kappa shape index (κ3) is 9.52. The van der Waals surface area contributed by atoms with Crippen molar-refractivity contribution in [1.29, 1.82) is 0 Å². The molecule has 0 saturated carbocycles. The molecule has 192 valence electrons. The van der Waals surface area contributed by atoms with Crippen LogP contribution < -0.4 is 10.0 Å². The summed E-state index contributed by atoms with van der Waals surface area (Å²) in [5, 5.41) is 2.59. The number of alkyl carbamates (subject to hydrolysis) is 1. The molecule has 0 unspecified atom stereocenters. The minimum absolute atomic E-state index is 0.0758. The number of esters is 1. The topological polar surface area (TPSA) is 111 Å². The zero-order valence-corrected chi connectivity index (χ0v) is 23.5. The van der Waals surface area contributed by atoms with E-state index in [2.05, 4.69) is 26.0 Å². The predicted molar refractivity (Wildman–Crippen MR) is 139 cm³/mol. The van der Waals surface area contributed by atoms with Crippen LogP contribution in [0.4, 0.5) is 10.5 Å². The fourth-order valence-corrected chi connectivity index (χ4v) is 4.68. The summed E-state index contributed by atoms with van der Waals surface area (Å²) in [6, 6.07) is 10.3. The van der Waals surface area contributed by atoms with Crippen LogP contribution in [0.5, 0.6) is 0 Å². The molecule has 2 rings (SSSR count). The first kappa shape index (κ1) is 28.6. The molecule has 0 aliphatic rings. The fraction of sp³-hybridized carbons (Fsp3) is 0.440. The van der Waals surface area contributed by atoms with E-state index in [1.54, 1.807) is 71.9 Å². The lowest BCUT2D eigenvalue weighted by Gasteiger charge is -2.26. The maximum absolute atomic E-state index is 12.9. The Labute approximate surface area is 216 Å². The molecule has 0 fully saturated rings. The molecule has 1 amide bonds. The van der Waals surface area contributed by atoms with Crippen molar-refractivity contribution < 1.29 is 27.5 Å². The van der Waals surface area contributed by atoms with Gasteiger partial charge in [0.2, 0.25) is 0 Å². The van der Waals surface area contributed by atoms with E-state index in [1.165, 1.54) is 12.1 Å². The van der Waals surface area contributed by atoms with Gasteiger partial charge >= 0.3 is 12.1 Å². The zero-order chi connectivity index (χ0) is 26.6. The van der Waals surface area contributed by atoms with E-state index in [-0.39, 0.29) is 11.3 Å². The van der Waals surface area contributed by atoms with Gasteiger partial charge in [-0.15, -0.1) is 0 Å². The molecule has 2 N–H and O–H groups in total. The molecule has 10 heteroatoms. The number of rotatable bonds is 7. The first-order valence-electron chi connectivity index (χ1n) is 11.1. The lowest BCUT2D eigenvalue weighted by molar-refractivity contribution is -0.157. The molecular formula is C25H33BrN2O6S. The molecule has 0 spiro atoms. The van der Waals surface area contributed by atoms with Crippen molar-refractivity contribution in [3.63, 3.8) is 0 Å². The SMILES string of the molecule is Cc1ccc(NS(=O)(=O)c2cccc(Br)c2)cc1C[C@H](NC(=O)OC(C)(C)C)C(=O)OC(C)(C)C. The van der Waals surface area contributed by atoms with Gasteiger partial charge in [-0.25, -0.2) is 18.0 Å². The zero-order valence-electron chi connectivity index (χ0n) is 21.1. The van der Waals surface area contributed by atoms with E-state index in [4.69, 9.17) is 9.47 Å².